The number of hydrogen-bond donors (Lipinski definition) is 2. The fourth-order valence-corrected chi connectivity index (χ4v) is 2.54. The molecule has 1 heterocycles. The van der Waals surface area contributed by atoms with Gasteiger partial charge in [-0.3, -0.25) is 11.3 Å². The molecule has 1 aliphatic carbocycles. The Kier molecular flexibility index (Phi) is 2.67. The number of nitrogens with two attached hydrogens (primary N) is 1. The summed E-state index contributed by atoms with van der Waals surface area (Å²) in [6.45, 7) is 2.14. The molecule has 1 aromatic heterocycles. The molecule has 0 amide bonds. The number of nitrogens with one attached hydrogen (secondary N) is 1. The Labute approximate surface area is 83.1 Å². The third-order valence-electron chi connectivity index (χ3n) is 2.57. The van der Waals surface area contributed by atoms with E-state index in [0.29, 0.717) is 6.04 Å². The Morgan fingerprint density at radius 2 is 2.38 bits per heavy atom. The Hall–Kier alpha value is -0.380. The zero-order valence-electron chi connectivity index (χ0n) is 7.92. The molecule has 3 N–H and O–H groups in total. The van der Waals surface area contributed by atoms with E-state index in [1.165, 1.54) is 29.0 Å². The van der Waals surface area contributed by atoms with E-state index in [0.717, 1.165) is 5.92 Å². The number of thiophene rings is 1. The summed E-state index contributed by atoms with van der Waals surface area (Å²) >= 11 is 1.85. The molecule has 0 radical (unpaired) electrons. The van der Waals surface area contributed by atoms with Crippen molar-refractivity contribution in [1.29, 1.82) is 0 Å². The molecule has 1 atom stereocenters. The van der Waals surface area contributed by atoms with Crippen LogP contribution in [-0.4, -0.2) is 0 Å². The smallest absolute Gasteiger partial charge is 0.0556 e. The number of aryl methyl sites for hydroxylation is 1. The van der Waals surface area contributed by atoms with E-state index < -0.39 is 0 Å². The summed E-state index contributed by atoms with van der Waals surface area (Å²) in [5.41, 5.74) is 2.91. The maximum Gasteiger partial charge on any atom is 0.0556 e. The van der Waals surface area contributed by atoms with E-state index >= 15 is 0 Å². The largest absolute Gasteiger partial charge is 0.271 e. The van der Waals surface area contributed by atoms with Gasteiger partial charge < -0.3 is 0 Å². The van der Waals surface area contributed by atoms with Gasteiger partial charge in [-0.25, -0.2) is 0 Å². The molecule has 2 rings (SSSR count). The summed E-state index contributed by atoms with van der Waals surface area (Å²) in [7, 11) is 0. The van der Waals surface area contributed by atoms with Crippen LogP contribution in [0.25, 0.3) is 0 Å². The molecular weight excluding hydrogens is 180 g/mol. The summed E-state index contributed by atoms with van der Waals surface area (Å²) in [4.78, 5) is 2.75. The number of hydrazine groups is 1. The number of hydrogen-bond acceptors (Lipinski definition) is 3. The molecule has 2 nitrogen and oxygen atoms in total. The monoisotopic (exact) mass is 196 g/mol. The molecule has 1 unspecified atom stereocenters. The Balaban J connectivity index is 2.01. The molecule has 1 saturated carbocycles. The Morgan fingerprint density at radius 1 is 1.62 bits per heavy atom. The van der Waals surface area contributed by atoms with Crippen molar-refractivity contribution in [3.63, 3.8) is 0 Å². The molecule has 1 aromatic rings. The second-order valence-corrected chi connectivity index (χ2v) is 5.17. The first-order valence-corrected chi connectivity index (χ1v) is 5.63. The highest BCUT2D eigenvalue weighted by Gasteiger charge is 2.26. The molecule has 1 fully saturated rings. The average Bonchev–Trinajstić information content (AvgIpc) is 2.84. The van der Waals surface area contributed by atoms with Crippen LogP contribution in [0.1, 0.15) is 35.1 Å². The minimum absolute atomic E-state index is 0.381. The van der Waals surface area contributed by atoms with E-state index in [9.17, 15) is 0 Å². The van der Waals surface area contributed by atoms with Gasteiger partial charge in [0.05, 0.1) is 6.04 Å². The van der Waals surface area contributed by atoms with E-state index in [1.807, 2.05) is 11.3 Å². The van der Waals surface area contributed by atoms with Crippen molar-refractivity contribution in [2.75, 3.05) is 0 Å². The Morgan fingerprint density at radius 3 is 2.85 bits per heavy atom. The lowest BCUT2D eigenvalue weighted by Crippen LogP contribution is -2.27. The van der Waals surface area contributed by atoms with Crippen LogP contribution >= 0.6 is 11.3 Å². The lowest BCUT2D eigenvalue weighted by molar-refractivity contribution is 0.494. The first-order chi connectivity index (χ1) is 6.29. The SMILES string of the molecule is Cc1ccc(C(CC2CC2)NN)s1. The van der Waals surface area contributed by atoms with Crippen molar-refractivity contribution in [2.24, 2.45) is 11.8 Å². The molecule has 1 aliphatic rings. The van der Waals surface area contributed by atoms with Gasteiger partial charge in [-0.05, 0) is 31.4 Å². The molecule has 0 aromatic carbocycles. The second kappa shape index (κ2) is 3.78. The number of rotatable bonds is 4. The van der Waals surface area contributed by atoms with Gasteiger partial charge in [0.25, 0.3) is 0 Å². The maximum atomic E-state index is 5.55. The van der Waals surface area contributed by atoms with Gasteiger partial charge in [-0.1, -0.05) is 12.8 Å². The van der Waals surface area contributed by atoms with Crippen LogP contribution < -0.4 is 11.3 Å². The van der Waals surface area contributed by atoms with Gasteiger partial charge in [0, 0.05) is 9.75 Å². The summed E-state index contributed by atoms with van der Waals surface area (Å²) in [5.74, 6) is 6.47. The predicted molar refractivity (Wildman–Crippen MR) is 56.5 cm³/mol. The summed E-state index contributed by atoms with van der Waals surface area (Å²) in [6, 6.07) is 4.73. The lowest BCUT2D eigenvalue weighted by atomic mass is 10.1. The van der Waals surface area contributed by atoms with Crippen LogP contribution in [-0.2, 0) is 0 Å². The molecule has 0 aliphatic heterocycles. The van der Waals surface area contributed by atoms with Gasteiger partial charge in [-0.15, -0.1) is 11.3 Å². The standard InChI is InChI=1S/C10H16N2S/c1-7-2-5-10(13-7)9(12-11)6-8-3-4-8/h2,5,8-9,12H,3-4,6,11H2,1H3. The zero-order valence-corrected chi connectivity index (χ0v) is 8.73. The third kappa shape index (κ3) is 2.30. The summed E-state index contributed by atoms with van der Waals surface area (Å²) < 4.78 is 0. The van der Waals surface area contributed by atoms with Crippen LogP contribution in [0.3, 0.4) is 0 Å². The van der Waals surface area contributed by atoms with Gasteiger partial charge in [0.1, 0.15) is 0 Å². The topological polar surface area (TPSA) is 38.0 Å². The predicted octanol–water partition coefficient (Wildman–Crippen LogP) is 2.36. The van der Waals surface area contributed by atoms with E-state index in [2.05, 4.69) is 24.5 Å². The fraction of sp³-hybridized carbons (Fsp3) is 0.600. The van der Waals surface area contributed by atoms with Crippen LogP contribution in [0, 0.1) is 12.8 Å². The highest BCUT2D eigenvalue weighted by atomic mass is 32.1. The summed E-state index contributed by atoms with van der Waals surface area (Å²) in [6.07, 6.45) is 3.99. The fourth-order valence-electron chi connectivity index (χ4n) is 1.59. The van der Waals surface area contributed by atoms with Crippen molar-refractivity contribution in [2.45, 2.75) is 32.2 Å². The molecule has 0 saturated heterocycles. The van der Waals surface area contributed by atoms with E-state index in [1.54, 1.807) is 0 Å². The molecule has 3 heteroatoms. The van der Waals surface area contributed by atoms with Crippen molar-refractivity contribution in [1.82, 2.24) is 5.43 Å². The van der Waals surface area contributed by atoms with Crippen LogP contribution in [0.4, 0.5) is 0 Å². The van der Waals surface area contributed by atoms with Crippen molar-refractivity contribution in [3.05, 3.63) is 21.9 Å². The molecule has 0 spiro atoms. The highest BCUT2D eigenvalue weighted by molar-refractivity contribution is 7.12. The van der Waals surface area contributed by atoms with Gasteiger partial charge in [0.15, 0.2) is 0 Å². The quantitative estimate of drug-likeness (QED) is 0.573. The average molecular weight is 196 g/mol. The zero-order chi connectivity index (χ0) is 9.26. The minimum atomic E-state index is 0.381. The first-order valence-electron chi connectivity index (χ1n) is 4.82. The van der Waals surface area contributed by atoms with Gasteiger partial charge >= 0.3 is 0 Å². The molecule has 0 bridgehead atoms. The summed E-state index contributed by atoms with van der Waals surface area (Å²) in [5, 5.41) is 0. The van der Waals surface area contributed by atoms with Crippen LogP contribution in [0.5, 0.6) is 0 Å². The van der Waals surface area contributed by atoms with Gasteiger partial charge in [-0.2, -0.15) is 0 Å². The van der Waals surface area contributed by atoms with E-state index in [4.69, 9.17) is 5.84 Å². The second-order valence-electron chi connectivity index (χ2n) is 3.85. The molecular formula is C10H16N2S. The third-order valence-corrected chi connectivity index (χ3v) is 3.69. The van der Waals surface area contributed by atoms with Gasteiger partial charge in [0.2, 0.25) is 0 Å². The molecule has 13 heavy (non-hydrogen) atoms. The van der Waals surface area contributed by atoms with Crippen molar-refractivity contribution < 1.29 is 0 Å². The minimum Gasteiger partial charge on any atom is -0.271 e. The van der Waals surface area contributed by atoms with Crippen LogP contribution in [0.15, 0.2) is 12.1 Å². The maximum absolute atomic E-state index is 5.55. The van der Waals surface area contributed by atoms with Crippen molar-refractivity contribution >= 4 is 11.3 Å². The van der Waals surface area contributed by atoms with Crippen LogP contribution in [0.2, 0.25) is 0 Å². The van der Waals surface area contributed by atoms with E-state index in [-0.39, 0.29) is 0 Å². The normalized spacial score (nSPS) is 18.9. The first kappa shape index (κ1) is 9.19. The van der Waals surface area contributed by atoms with Crippen molar-refractivity contribution in [3.8, 4) is 0 Å². The lowest BCUT2D eigenvalue weighted by Gasteiger charge is -2.12. The molecule has 72 valence electrons. The highest BCUT2D eigenvalue weighted by Crippen LogP contribution is 2.38. The Bertz CT molecular complexity index is 278.